The van der Waals surface area contributed by atoms with E-state index in [1.54, 1.807) is 69.5 Å². The third kappa shape index (κ3) is 3.83. The fourth-order valence-corrected chi connectivity index (χ4v) is 3.39. The second-order valence-corrected chi connectivity index (χ2v) is 7.36. The van der Waals surface area contributed by atoms with Crippen LogP contribution in [0.25, 0.3) is 0 Å². The number of ether oxygens (including phenoxy) is 1. The van der Waals surface area contributed by atoms with E-state index in [0.29, 0.717) is 22.7 Å². The van der Waals surface area contributed by atoms with Gasteiger partial charge in [-0.2, -0.15) is 0 Å². The molecule has 2 amide bonds. The second-order valence-electron chi connectivity index (χ2n) is 7.36. The molecule has 0 unspecified atom stereocenters. The molecule has 7 heteroatoms. The zero-order valence-corrected chi connectivity index (χ0v) is 15.9. The minimum Gasteiger partial charge on any atom is -0.497 e. The molecule has 3 rings (SSSR count). The molecular weight excluding hydrogens is 360 g/mol. The highest BCUT2D eigenvalue weighted by Crippen LogP contribution is 2.58. The first-order valence-corrected chi connectivity index (χ1v) is 8.83. The van der Waals surface area contributed by atoms with Gasteiger partial charge in [-0.15, -0.1) is 0 Å². The largest absolute Gasteiger partial charge is 0.497 e. The number of carboxylic acids is 1. The molecule has 1 aliphatic carbocycles. The third-order valence-electron chi connectivity index (χ3n) is 5.14. The lowest BCUT2D eigenvalue weighted by molar-refractivity contribution is -0.140. The molecule has 0 heterocycles. The number of anilines is 2. The number of benzene rings is 2. The molecule has 0 saturated heterocycles. The van der Waals surface area contributed by atoms with Crippen LogP contribution < -0.4 is 15.4 Å². The van der Waals surface area contributed by atoms with Crippen molar-refractivity contribution in [2.75, 3.05) is 17.7 Å². The van der Waals surface area contributed by atoms with E-state index in [1.165, 1.54) is 0 Å². The molecule has 0 bridgehead atoms. The lowest BCUT2D eigenvalue weighted by Crippen LogP contribution is -2.18. The van der Waals surface area contributed by atoms with Gasteiger partial charge in [0.2, 0.25) is 5.91 Å². The molecule has 2 aromatic carbocycles. The molecule has 0 aromatic heterocycles. The molecule has 2 atom stereocenters. The Morgan fingerprint density at radius 1 is 0.893 bits per heavy atom. The van der Waals surface area contributed by atoms with Gasteiger partial charge < -0.3 is 20.5 Å². The van der Waals surface area contributed by atoms with E-state index in [-0.39, 0.29) is 11.8 Å². The summed E-state index contributed by atoms with van der Waals surface area (Å²) >= 11 is 0. The predicted molar refractivity (Wildman–Crippen MR) is 104 cm³/mol. The first-order chi connectivity index (χ1) is 13.2. The van der Waals surface area contributed by atoms with Gasteiger partial charge in [-0.1, -0.05) is 13.8 Å². The Hall–Kier alpha value is -3.35. The molecule has 28 heavy (non-hydrogen) atoms. The first-order valence-electron chi connectivity index (χ1n) is 8.83. The molecule has 0 spiro atoms. The van der Waals surface area contributed by atoms with Crippen LogP contribution in [0.3, 0.4) is 0 Å². The minimum atomic E-state index is -0.962. The van der Waals surface area contributed by atoms with E-state index >= 15 is 0 Å². The van der Waals surface area contributed by atoms with Gasteiger partial charge in [0.25, 0.3) is 5.91 Å². The van der Waals surface area contributed by atoms with Crippen LogP contribution in [0.5, 0.6) is 5.75 Å². The number of methoxy groups -OCH3 is 1. The number of aliphatic carboxylic acids is 1. The fraction of sp³-hybridized carbons (Fsp3) is 0.286. The summed E-state index contributed by atoms with van der Waals surface area (Å²) in [7, 11) is 1.57. The lowest BCUT2D eigenvalue weighted by atomic mass is 10.1. The van der Waals surface area contributed by atoms with Gasteiger partial charge in [-0.25, -0.2) is 0 Å². The van der Waals surface area contributed by atoms with E-state index in [0.717, 1.165) is 0 Å². The molecule has 7 nitrogen and oxygen atoms in total. The summed E-state index contributed by atoms with van der Waals surface area (Å²) in [6, 6.07) is 13.4. The Morgan fingerprint density at radius 3 is 1.93 bits per heavy atom. The summed E-state index contributed by atoms with van der Waals surface area (Å²) in [6.07, 6.45) is 0. The van der Waals surface area contributed by atoms with Crippen LogP contribution in [0.15, 0.2) is 48.5 Å². The van der Waals surface area contributed by atoms with Crippen LogP contribution in [0.1, 0.15) is 24.2 Å². The molecule has 1 aliphatic rings. The summed E-state index contributed by atoms with van der Waals surface area (Å²) in [4.78, 5) is 35.9. The highest BCUT2D eigenvalue weighted by atomic mass is 16.5. The van der Waals surface area contributed by atoms with Crippen molar-refractivity contribution in [3.05, 3.63) is 54.1 Å². The number of amides is 2. The van der Waals surface area contributed by atoms with Crippen molar-refractivity contribution in [1.82, 2.24) is 0 Å². The zero-order chi connectivity index (χ0) is 20.5. The topological polar surface area (TPSA) is 105 Å². The normalized spacial score (nSPS) is 19.4. The summed E-state index contributed by atoms with van der Waals surface area (Å²) in [6.45, 7) is 3.53. The van der Waals surface area contributed by atoms with Crippen molar-refractivity contribution in [1.29, 1.82) is 0 Å². The van der Waals surface area contributed by atoms with Crippen molar-refractivity contribution in [2.45, 2.75) is 13.8 Å². The van der Waals surface area contributed by atoms with E-state index in [9.17, 15) is 19.5 Å². The Labute approximate surface area is 162 Å². The molecule has 0 aliphatic heterocycles. The van der Waals surface area contributed by atoms with Crippen LogP contribution in [0.2, 0.25) is 0 Å². The van der Waals surface area contributed by atoms with E-state index in [4.69, 9.17) is 4.74 Å². The molecule has 146 valence electrons. The van der Waals surface area contributed by atoms with Gasteiger partial charge in [-0.05, 0) is 53.9 Å². The van der Waals surface area contributed by atoms with Crippen molar-refractivity contribution < 1.29 is 24.2 Å². The number of carbonyl (C=O) groups is 3. The Morgan fingerprint density at radius 2 is 1.43 bits per heavy atom. The smallest absolute Gasteiger partial charge is 0.307 e. The number of rotatable bonds is 6. The Balaban J connectivity index is 1.61. The lowest BCUT2D eigenvalue weighted by Gasteiger charge is -2.09. The van der Waals surface area contributed by atoms with Crippen molar-refractivity contribution in [3.8, 4) is 5.75 Å². The molecule has 1 fully saturated rings. The van der Waals surface area contributed by atoms with E-state index in [2.05, 4.69) is 10.6 Å². The average Bonchev–Trinajstić information content (AvgIpc) is 3.25. The number of hydrogen-bond acceptors (Lipinski definition) is 4. The number of hydrogen-bond donors (Lipinski definition) is 3. The Kier molecular flexibility index (Phi) is 5.09. The minimum absolute atomic E-state index is 0.280. The second kappa shape index (κ2) is 7.34. The highest BCUT2D eigenvalue weighted by Gasteiger charge is 2.65. The quantitative estimate of drug-likeness (QED) is 0.711. The molecule has 1 saturated carbocycles. The molecular formula is C21H22N2O5. The third-order valence-corrected chi connectivity index (χ3v) is 5.14. The molecule has 0 radical (unpaired) electrons. The van der Waals surface area contributed by atoms with Gasteiger partial charge in [0.1, 0.15) is 5.75 Å². The van der Waals surface area contributed by atoms with Crippen molar-refractivity contribution in [2.24, 2.45) is 17.3 Å². The highest BCUT2D eigenvalue weighted by molar-refractivity contribution is 6.05. The van der Waals surface area contributed by atoms with Gasteiger partial charge in [0, 0.05) is 16.9 Å². The summed E-state index contributed by atoms with van der Waals surface area (Å²) in [5.74, 6) is -2.12. The van der Waals surface area contributed by atoms with Gasteiger partial charge in [0.15, 0.2) is 0 Å². The van der Waals surface area contributed by atoms with Crippen molar-refractivity contribution in [3.63, 3.8) is 0 Å². The van der Waals surface area contributed by atoms with E-state index < -0.39 is 23.2 Å². The van der Waals surface area contributed by atoms with Crippen LogP contribution in [0.4, 0.5) is 11.4 Å². The maximum absolute atomic E-state index is 12.4. The van der Waals surface area contributed by atoms with E-state index in [1.807, 2.05) is 0 Å². The maximum atomic E-state index is 12.4. The van der Waals surface area contributed by atoms with Gasteiger partial charge in [-0.3, -0.25) is 14.4 Å². The maximum Gasteiger partial charge on any atom is 0.307 e. The average molecular weight is 382 g/mol. The zero-order valence-electron chi connectivity index (χ0n) is 15.9. The fourth-order valence-electron chi connectivity index (χ4n) is 3.39. The number of carbonyl (C=O) groups excluding carboxylic acids is 2. The standard InChI is InChI=1S/C21H22N2O5/c1-21(2)16(17(21)20(26)27)19(25)23-13-6-4-12(5-7-13)18(24)22-14-8-10-15(28-3)11-9-14/h4-11,16-17H,1-3H3,(H,22,24)(H,23,25)(H,26,27)/t16-,17-/m1/s1. The number of carboxylic acid groups (broad SMARTS) is 1. The van der Waals surface area contributed by atoms with Gasteiger partial charge >= 0.3 is 5.97 Å². The molecule has 3 N–H and O–H groups in total. The summed E-state index contributed by atoms with van der Waals surface area (Å²) < 4.78 is 5.08. The first kappa shape index (κ1) is 19.4. The monoisotopic (exact) mass is 382 g/mol. The van der Waals surface area contributed by atoms with Crippen LogP contribution in [0, 0.1) is 17.3 Å². The summed E-state index contributed by atoms with van der Waals surface area (Å²) in [5.41, 5.74) is 1.02. The predicted octanol–water partition coefficient (Wildman–Crippen LogP) is 3.24. The Bertz CT molecular complexity index is 903. The van der Waals surface area contributed by atoms with Crippen LogP contribution >= 0.6 is 0 Å². The SMILES string of the molecule is COc1ccc(NC(=O)c2ccc(NC(=O)[C@H]3[C@H](C(=O)O)C3(C)C)cc2)cc1. The summed E-state index contributed by atoms with van der Waals surface area (Å²) in [5, 5.41) is 14.7. The number of nitrogens with one attached hydrogen (secondary N) is 2. The van der Waals surface area contributed by atoms with Crippen LogP contribution in [-0.2, 0) is 9.59 Å². The van der Waals surface area contributed by atoms with Crippen LogP contribution in [-0.4, -0.2) is 30.0 Å². The van der Waals surface area contributed by atoms with Crippen molar-refractivity contribution >= 4 is 29.2 Å². The molecule has 2 aromatic rings. The van der Waals surface area contributed by atoms with Gasteiger partial charge in [0.05, 0.1) is 18.9 Å².